The van der Waals surface area contributed by atoms with E-state index in [9.17, 15) is 28.8 Å². The summed E-state index contributed by atoms with van der Waals surface area (Å²) < 4.78 is 9.54. The van der Waals surface area contributed by atoms with Gasteiger partial charge in [-0.25, -0.2) is 15.1 Å². The van der Waals surface area contributed by atoms with Gasteiger partial charge in [-0.05, 0) is 152 Å². The molecule has 5 heterocycles. The van der Waals surface area contributed by atoms with E-state index in [-0.39, 0.29) is 45.9 Å². The number of nitrogens with zero attached hydrogens (tertiary/aromatic N) is 4. The first-order valence-electron chi connectivity index (χ1n) is 23.5. The molecule has 15 nitrogen and oxygen atoms in total. The van der Waals surface area contributed by atoms with Crippen LogP contribution in [0.4, 0.5) is 11.4 Å². The van der Waals surface area contributed by atoms with E-state index < -0.39 is 5.91 Å². The van der Waals surface area contributed by atoms with Crippen molar-refractivity contribution in [3.63, 3.8) is 0 Å². The molecule has 11 rings (SSSR count). The number of methoxy groups -OCH3 is 2. The van der Waals surface area contributed by atoms with Crippen LogP contribution in [0.2, 0.25) is 0 Å². The number of amides is 4. The van der Waals surface area contributed by atoms with E-state index in [1.165, 1.54) is 42.0 Å². The monoisotopic (exact) mass is 932 g/mol. The Bertz CT molecular complexity index is 2680. The molecule has 3 unspecified atom stereocenters. The van der Waals surface area contributed by atoms with Gasteiger partial charge < -0.3 is 24.6 Å². The molecule has 0 saturated carbocycles. The lowest BCUT2D eigenvalue weighted by Crippen LogP contribution is -2.33. The van der Waals surface area contributed by atoms with Crippen molar-refractivity contribution in [2.45, 2.75) is 77.0 Å². The van der Waals surface area contributed by atoms with Crippen LogP contribution < -0.4 is 20.6 Å². The van der Waals surface area contributed by atoms with Gasteiger partial charge in [0, 0.05) is 96.9 Å². The number of benzene rings is 3. The number of pyridine rings is 2. The number of fused-ring (bicyclic) bond motifs is 3. The lowest BCUT2D eigenvalue weighted by atomic mass is 9.70. The number of carbonyl (C=O) groups is 6. The molecule has 356 valence electrons. The number of hydrogen-bond acceptors (Lipinski definition) is 11. The number of nitrogens with one attached hydrogen (secondary N) is 2. The second-order valence-electron chi connectivity index (χ2n) is 19.6. The van der Waals surface area contributed by atoms with E-state index in [1.54, 1.807) is 36.3 Å². The first-order chi connectivity index (χ1) is 33.3. The zero-order chi connectivity index (χ0) is 48.3. The quantitative estimate of drug-likeness (QED) is 0.101. The number of anilines is 2. The average Bonchev–Trinajstić information content (AvgIpc) is 4.03. The van der Waals surface area contributed by atoms with E-state index in [0.717, 1.165) is 87.8 Å². The summed E-state index contributed by atoms with van der Waals surface area (Å²) in [5.74, 6) is -0.590. The van der Waals surface area contributed by atoms with Crippen molar-refractivity contribution in [3.8, 4) is 0 Å². The van der Waals surface area contributed by atoms with E-state index in [2.05, 4.69) is 15.3 Å². The summed E-state index contributed by atoms with van der Waals surface area (Å²) in [5, 5.41) is 11.7. The zero-order valence-corrected chi connectivity index (χ0v) is 38.9. The first-order valence-corrected chi connectivity index (χ1v) is 23.5. The van der Waals surface area contributed by atoms with Crippen molar-refractivity contribution < 1.29 is 43.4 Å². The zero-order valence-electron chi connectivity index (χ0n) is 38.9. The minimum Gasteiger partial charge on any atom is -0.465 e. The van der Waals surface area contributed by atoms with Gasteiger partial charge in [-0.3, -0.25) is 34.4 Å². The fourth-order valence-corrected chi connectivity index (χ4v) is 11.4. The minimum atomic E-state index is -0.497. The van der Waals surface area contributed by atoms with Crippen LogP contribution in [0.5, 0.6) is 0 Å². The van der Waals surface area contributed by atoms with Gasteiger partial charge in [-0.15, -0.1) is 0 Å². The number of ether oxygens (including phenoxy) is 2. The Morgan fingerprint density at radius 2 is 0.957 bits per heavy atom. The minimum absolute atomic E-state index is 0.0138. The van der Waals surface area contributed by atoms with Crippen LogP contribution in [0, 0.1) is 16.2 Å². The van der Waals surface area contributed by atoms with Crippen LogP contribution >= 0.6 is 0 Å². The number of carbonyl (C=O) groups excluding carboxylic acids is 6. The third-order valence-corrected chi connectivity index (χ3v) is 15.1. The Morgan fingerprint density at radius 1 is 0.551 bits per heavy atom. The van der Waals surface area contributed by atoms with Crippen LogP contribution in [0.1, 0.15) is 103 Å². The van der Waals surface area contributed by atoms with Crippen molar-refractivity contribution in [2.24, 2.45) is 16.2 Å². The molecule has 3 aliphatic carbocycles. The van der Waals surface area contributed by atoms with Gasteiger partial charge in [0.05, 0.1) is 25.3 Å². The predicted octanol–water partition coefficient (Wildman–Crippen LogP) is 6.36. The molecular weight excluding hydrogens is 877 g/mol. The molecule has 3 N–H and O–H groups in total. The van der Waals surface area contributed by atoms with Gasteiger partial charge in [-0.2, -0.15) is 0 Å². The number of esters is 2. The lowest BCUT2D eigenvalue weighted by molar-refractivity contribution is -0.120. The Kier molecular flexibility index (Phi) is 13.2. The molecule has 3 fully saturated rings. The highest BCUT2D eigenvalue weighted by molar-refractivity contribution is 5.97. The molecule has 3 spiro atoms. The van der Waals surface area contributed by atoms with Crippen molar-refractivity contribution in [1.29, 1.82) is 0 Å². The Labute approximate surface area is 400 Å². The van der Waals surface area contributed by atoms with Crippen LogP contribution in [-0.2, 0) is 62.4 Å². The van der Waals surface area contributed by atoms with Gasteiger partial charge in [0.2, 0.25) is 17.7 Å². The molecule has 2 aromatic heterocycles. The first kappa shape index (κ1) is 46.8. The fourth-order valence-electron chi connectivity index (χ4n) is 11.4. The molecule has 3 saturated heterocycles. The molecule has 15 heteroatoms. The fraction of sp³-hybridized carbons (Fsp3) is 0.370. The predicted molar refractivity (Wildman–Crippen MR) is 255 cm³/mol. The average molecular weight is 933 g/mol. The summed E-state index contributed by atoms with van der Waals surface area (Å²) in [6.07, 6.45) is 16.7. The lowest BCUT2D eigenvalue weighted by Gasteiger charge is -2.34. The van der Waals surface area contributed by atoms with Crippen molar-refractivity contribution in [1.82, 2.24) is 20.8 Å². The normalized spacial score (nSPS) is 22.9. The number of rotatable bonds is 5. The van der Waals surface area contributed by atoms with E-state index in [1.807, 2.05) is 82.6 Å². The summed E-state index contributed by atoms with van der Waals surface area (Å²) >= 11 is 0. The maximum Gasteiger partial charge on any atom is 0.337 e. The molecule has 69 heavy (non-hydrogen) atoms. The molecular formula is C54H56N6O9. The van der Waals surface area contributed by atoms with E-state index in [0.29, 0.717) is 42.5 Å². The summed E-state index contributed by atoms with van der Waals surface area (Å²) in [7, 11) is 2.79. The van der Waals surface area contributed by atoms with Crippen LogP contribution in [0.15, 0.2) is 104 Å². The molecule has 3 aliphatic heterocycles. The van der Waals surface area contributed by atoms with Gasteiger partial charge >= 0.3 is 11.9 Å². The highest BCUT2D eigenvalue weighted by atomic mass is 16.5. The van der Waals surface area contributed by atoms with E-state index in [4.69, 9.17) is 14.7 Å². The SMILES string of the molecule is COC(=O)c1ccc2c(c1)CCC1(CC(=O)N(c3ccncc3)C1)C2.COC(=O)c1ccc2c(c1)CCC1(CNC(=O)C1)C2.O=C(NO)c1ccc2c(c1)CCC1(CC(=O)N(c3ccncc3)C1)C2. The third-order valence-electron chi connectivity index (χ3n) is 15.1. The van der Waals surface area contributed by atoms with Gasteiger partial charge in [0.25, 0.3) is 5.91 Å². The molecule has 3 aromatic carbocycles. The molecule has 6 aliphatic rings. The van der Waals surface area contributed by atoms with Crippen molar-refractivity contribution >= 4 is 46.9 Å². The Hall–Kier alpha value is -7.26. The number of aryl methyl sites for hydroxylation is 3. The van der Waals surface area contributed by atoms with Crippen LogP contribution in [0.25, 0.3) is 0 Å². The van der Waals surface area contributed by atoms with Gasteiger partial charge in [-0.1, -0.05) is 18.2 Å². The topological polar surface area (TPSA) is 197 Å². The highest BCUT2D eigenvalue weighted by Gasteiger charge is 2.47. The molecule has 0 bridgehead atoms. The van der Waals surface area contributed by atoms with E-state index >= 15 is 0 Å². The van der Waals surface area contributed by atoms with Gasteiger partial charge in [0.15, 0.2) is 0 Å². The standard InChI is InChI=1S/C20H20N2O3.C19H19N3O3.C15H17NO3/c1-25-19(24)15-2-3-16-11-20(7-4-14(16)10-15)12-18(23)22(13-20)17-5-8-21-9-6-17;23-17-11-19(12-22(17)16-4-7-20-8-5-16)6-3-13-9-14(18(24)21-25)1-2-15(13)10-19;1-19-14(18)11-2-3-12-7-15(5-4-10(12)6-11)8-13(17)16-9-15/h2-3,5-6,8-10H,4,7,11-13H2,1H3;1-2,4-5,7-9,25H,3,6,10-12H2,(H,21,24);2-3,6H,4-5,7-9H2,1H3,(H,16,17). The summed E-state index contributed by atoms with van der Waals surface area (Å²) in [5.41, 5.74) is 12.4. The second kappa shape index (κ2) is 19.4. The maximum atomic E-state index is 12.6. The third kappa shape index (κ3) is 9.87. The van der Waals surface area contributed by atoms with Crippen LogP contribution in [0.3, 0.4) is 0 Å². The Morgan fingerprint density at radius 3 is 1.36 bits per heavy atom. The summed E-state index contributed by atoms with van der Waals surface area (Å²) in [6.45, 7) is 2.24. The van der Waals surface area contributed by atoms with Crippen molar-refractivity contribution in [2.75, 3.05) is 43.7 Å². The van der Waals surface area contributed by atoms with Gasteiger partial charge in [0.1, 0.15) is 0 Å². The molecule has 0 radical (unpaired) electrons. The highest BCUT2D eigenvalue weighted by Crippen LogP contribution is 2.46. The maximum absolute atomic E-state index is 12.6. The molecule has 5 aromatic rings. The second-order valence-corrected chi connectivity index (χ2v) is 19.6. The smallest absolute Gasteiger partial charge is 0.337 e. The number of aromatic nitrogens is 2. The summed E-state index contributed by atoms with van der Waals surface area (Å²) in [4.78, 5) is 83.2. The molecule has 4 amide bonds. The molecule has 3 atom stereocenters. The largest absolute Gasteiger partial charge is 0.465 e. The van der Waals surface area contributed by atoms with Crippen LogP contribution in [-0.4, -0.2) is 84.6 Å². The summed E-state index contributed by atoms with van der Waals surface area (Å²) in [6, 6.07) is 24.5. The Balaban J connectivity index is 0.000000130. The number of hydrogen-bond donors (Lipinski definition) is 3. The van der Waals surface area contributed by atoms with Crippen molar-refractivity contribution in [3.05, 3.63) is 154 Å². The number of hydroxylamine groups is 1.